The molecule has 0 unspecified atom stereocenters. The zero-order valence-electron chi connectivity index (χ0n) is 7.95. The number of aldehydes is 1. The summed E-state index contributed by atoms with van der Waals surface area (Å²) in [5.74, 6) is -0.223. The van der Waals surface area contributed by atoms with Crippen molar-refractivity contribution in [1.29, 1.82) is 0 Å². The van der Waals surface area contributed by atoms with Crippen LogP contribution in [-0.4, -0.2) is 17.9 Å². The summed E-state index contributed by atoms with van der Waals surface area (Å²) in [7, 11) is 0. The smallest absolute Gasteiger partial charge is 0.331 e. The number of carbonyl (C=O) groups is 2. The van der Waals surface area contributed by atoms with E-state index >= 15 is 0 Å². The normalized spacial score (nSPS) is 28.6. The predicted molar refractivity (Wildman–Crippen MR) is 48.1 cm³/mol. The highest BCUT2D eigenvalue weighted by molar-refractivity contribution is 5.85. The van der Waals surface area contributed by atoms with Crippen molar-refractivity contribution in [3.8, 4) is 0 Å². The third-order valence-corrected chi connectivity index (χ3v) is 2.56. The van der Waals surface area contributed by atoms with Crippen LogP contribution >= 0.6 is 0 Å². The SMILES string of the molecule is CC[C@H](CC=O)[C@@]1(C)C=CC(=O)O1. The van der Waals surface area contributed by atoms with Gasteiger partial charge in [-0.05, 0) is 19.4 Å². The molecule has 13 heavy (non-hydrogen) atoms. The second kappa shape index (κ2) is 3.73. The van der Waals surface area contributed by atoms with Gasteiger partial charge in [-0.1, -0.05) is 6.92 Å². The third-order valence-electron chi connectivity index (χ3n) is 2.56. The molecular weight excluding hydrogens is 168 g/mol. The molecule has 1 heterocycles. The van der Waals surface area contributed by atoms with Crippen LogP contribution in [0.3, 0.4) is 0 Å². The Kier molecular flexibility index (Phi) is 2.86. The number of hydrogen-bond donors (Lipinski definition) is 0. The van der Waals surface area contributed by atoms with E-state index in [0.29, 0.717) is 6.42 Å². The standard InChI is InChI=1S/C10H14O3/c1-3-8(5-7-11)10(2)6-4-9(12)13-10/h4,6-8H,3,5H2,1-2H3/t8-,10-/m1/s1. The van der Waals surface area contributed by atoms with Crippen LogP contribution in [0, 0.1) is 5.92 Å². The average molecular weight is 182 g/mol. The molecule has 0 bridgehead atoms. The van der Waals surface area contributed by atoms with Gasteiger partial charge >= 0.3 is 5.97 Å². The fourth-order valence-corrected chi connectivity index (χ4v) is 1.66. The van der Waals surface area contributed by atoms with Gasteiger partial charge in [0, 0.05) is 18.4 Å². The van der Waals surface area contributed by atoms with Crippen LogP contribution in [0.2, 0.25) is 0 Å². The van der Waals surface area contributed by atoms with E-state index in [9.17, 15) is 9.59 Å². The van der Waals surface area contributed by atoms with Gasteiger partial charge in [0.15, 0.2) is 0 Å². The maximum atomic E-state index is 10.9. The largest absolute Gasteiger partial charge is 0.452 e. The Bertz CT molecular complexity index is 245. The summed E-state index contributed by atoms with van der Waals surface area (Å²) in [6, 6.07) is 0. The van der Waals surface area contributed by atoms with E-state index in [0.717, 1.165) is 12.7 Å². The number of rotatable bonds is 4. The molecule has 1 aliphatic heterocycles. The van der Waals surface area contributed by atoms with Crippen LogP contribution in [-0.2, 0) is 14.3 Å². The third kappa shape index (κ3) is 1.97. The van der Waals surface area contributed by atoms with Crippen molar-refractivity contribution in [2.24, 2.45) is 5.92 Å². The number of cyclic esters (lactones) is 1. The summed E-state index contributed by atoms with van der Waals surface area (Å²) < 4.78 is 5.15. The van der Waals surface area contributed by atoms with Gasteiger partial charge in [-0.2, -0.15) is 0 Å². The van der Waals surface area contributed by atoms with Gasteiger partial charge in [-0.25, -0.2) is 4.79 Å². The molecule has 72 valence electrons. The number of carbonyl (C=O) groups excluding carboxylic acids is 2. The zero-order chi connectivity index (χ0) is 9.90. The van der Waals surface area contributed by atoms with Gasteiger partial charge < -0.3 is 9.53 Å². The monoisotopic (exact) mass is 182 g/mol. The molecule has 0 aromatic carbocycles. The van der Waals surface area contributed by atoms with Crippen molar-refractivity contribution in [2.45, 2.75) is 32.3 Å². The van der Waals surface area contributed by atoms with Crippen LogP contribution in [0.25, 0.3) is 0 Å². The Morgan fingerprint density at radius 2 is 2.38 bits per heavy atom. The molecule has 0 aromatic heterocycles. The fraction of sp³-hybridized carbons (Fsp3) is 0.600. The summed E-state index contributed by atoms with van der Waals surface area (Å²) in [4.78, 5) is 21.3. The van der Waals surface area contributed by atoms with Gasteiger partial charge in [0.05, 0.1) is 0 Å². The first kappa shape index (κ1) is 9.96. The zero-order valence-corrected chi connectivity index (χ0v) is 7.95. The highest BCUT2D eigenvalue weighted by atomic mass is 16.6. The lowest BCUT2D eigenvalue weighted by molar-refractivity contribution is -0.149. The number of esters is 1. The summed E-state index contributed by atoms with van der Waals surface area (Å²) in [5.41, 5.74) is -0.577. The van der Waals surface area contributed by atoms with Crippen molar-refractivity contribution < 1.29 is 14.3 Å². The first-order chi connectivity index (χ1) is 6.12. The highest BCUT2D eigenvalue weighted by Crippen LogP contribution is 2.32. The Hall–Kier alpha value is -1.12. The summed E-state index contributed by atoms with van der Waals surface area (Å²) >= 11 is 0. The molecule has 2 atom stereocenters. The minimum Gasteiger partial charge on any atom is -0.452 e. The van der Waals surface area contributed by atoms with Crippen molar-refractivity contribution in [3.63, 3.8) is 0 Å². The Morgan fingerprint density at radius 3 is 2.77 bits per heavy atom. The summed E-state index contributed by atoms with van der Waals surface area (Å²) in [6.45, 7) is 3.82. The maximum Gasteiger partial charge on any atom is 0.331 e. The van der Waals surface area contributed by atoms with Gasteiger partial charge in [0.1, 0.15) is 11.9 Å². The summed E-state index contributed by atoms with van der Waals surface area (Å²) in [6.07, 6.45) is 5.30. The predicted octanol–water partition coefficient (Wildman–Crippen LogP) is 1.47. The van der Waals surface area contributed by atoms with E-state index in [1.807, 2.05) is 13.8 Å². The second-order valence-corrected chi connectivity index (χ2v) is 3.45. The molecule has 1 aliphatic rings. The molecular formula is C10H14O3. The lowest BCUT2D eigenvalue weighted by atomic mass is 9.85. The lowest BCUT2D eigenvalue weighted by Crippen LogP contribution is -2.34. The fourth-order valence-electron chi connectivity index (χ4n) is 1.66. The van der Waals surface area contributed by atoms with E-state index in [-0.39, 0.29) is 11.9 Å². The van der Waals surface area contributed by atoms with Gasteiger partial charge in [-0.3, -0.25) is 0 Å². The molecule has 3 heteroatoms. The van der Waals surface area contributed by atoms with E-state index in [1.54, 1.807) is 6.08 Å². The Morgan fingerprint density at radius 1 is 1.69 bits per heavy atom. The Balaban J connectivity index is 2.72. The quantitative estimate of drug-likeness (QED) is 0.488. The van der Waals surface area contributed by atoms with Crippen LogP contribution in [0.15, 0.2) is 12.2 Å². The van der Waals surface area contributed by atoms with Crippen molar-refractivity contribution in [3.05, 3.63) is 12.2 Å². The molecule has 0 amide bonds. The van der Waals surface area contributed by atoms with Crippen molar-refractivity contribution >= 4 is 12.3 Å². The molecule has 0 saturated carbocycles. The minimum absolute atomic E-state index is 0.0905. The van der Waals surface area contributed by atoms with Crippen molar-refractivity contribution in [2.75, 3.05) is 0 Å². The van der Waals surface area contributed by atoms with Gasteiger partial charge in [-0.15, -0.1) is 0 Å². The minimum atomic E-state index is -0.577. The van der Waals surface area contributed by atoms with E-state index in [4.69, 9.17) is 4.74 Å². The first-order valence-electron chi connectivity index (χ1n) is 4.48. The van der Waals surface area contributed by atoms with E-state index in [2.05, 4.69) is 0 Å². The average Bonchev–Trinajstić information content (AvgIpc) is 2.43. The molecule has 3 nitrogen and oxygen atoms in total. The molecule has 0 fully saturated rings. The van der Waals surface area contributed by atoms with Crippen molar-refractivity contribution in [1.82, 2.24) is 0 Å². The Labute approximate surface area is 77.8 Å². The molecule has 1 rings (SSSR count). The molecule has 0 saturated heterocycles. The first-order valence-corrected chi connectivity index (χ1v) is 4.48. The van der Waals surface area contributed by atoms with E-state index in [1.165, 1.54) is 6.08 Å². The van der Waals surface area contributed by atoms with Gasteiger partial charge in [0.2, 0.25) is 0 Å². The molecule has 0 aliphatic carbocycles. The maximum absolute atomic E-state index is 10.9. The molecule has 0 aromatic rings. The van der Waals surface area contributed by atoms with E-state index < -0.39 is 5.60 Å². The topological polar surface area (TPSA) is 43.4 Å². The lowest BCUT2D eigenvalue weighted by Gasteiger charge is -2.29. The summed E-state index contributed by atoms with van der Waals surface area (Å²) in [5, 5.41) is 0. The van der Waals surface area contributed by atoms with Gasteiger partial charge in [0.25, 0.3) is 0 Å². The van der Waals surface area contributed by atoms with Crippen LogP contribution < -0.4 is 0 Å². The van der Waals surface area contributed by atoms with Crippen LogP contribution in [0.5, 0.6) is 0 Å². The highest BCUT2D eigenvalue weighted by Gasteiger charge is 2.37. The molecule has 0 N–H and O–H groups in total. The van der Waals surface area contributed by atoms with Crippen LogP contribution in [0.4, 0.5) is 0 Å². The number of hydrogen-bond acceptors (Lipinski definition) is 3. The molecule has 0 radical (unpaired) electrons. The number of ether oxygens (including phenoxy) is 1. The molecule has 0 spiro atoms. The second-order valence-electron chi connectivity index (χ2n) is 3.45. The van der Waals surface area contributed by atoms with Crippen LogP contribution in [0.1, 0.15) is 26.7 Å².